The normalized spacial score (nSPS) is 43.1. The Balaban J connectivity index is 1.98. The van der Waals surface area contributed by atoms with Crippen LogP contribution < -0.4 is 0 Å². The van der Waals surface area contributed by atoms with Gasteiger partial charge in [-0.1, -0.05) is 13.5 Å². The Hall–Kier alpha value is -1.73. The van der Waals surface area contributed by atoms with E-state index in [9.17, 15) is 24.6 Å². The predicted octanol–water partition coefficient (Wildman–Crippen LogP) is 0.620. The second kappa shape index (κ2) is 6.78. The number of hydrogen-bond acceptors (Lipinski definition) is 7. The first-order chi connectivity index (χ1) is 12.2. The number of aliphatic hydroxyl groups excluding tert-OH is 2. The molecule has 0 bridgehead atoms. The molecule has 0 aromatic rings. The first-order valence-electron chi connectivity index (χ1n) is 9.09. The lowest BCUT2D eigenvalue weighted by atomic mass is 9.51. The molecule has 3 fully saturated rings. The highest BCUT2D eigenvalue weighted by Gasteiger charge is 2.63. The van der Waals surface area contributed by atoms with Crippen molar-refractivity contribution in [3.8, 4) is 0 Å². The average molecular weight is 366 g/mol. The maximum atomic E-state index is 12.2. The van der Waals surface area contributed by atoms with Crippen molar-refractivity contribution in [2.24, 2.45) is 29.1 Å². The molecule has 0 aromatic carbocycles. The standard InChI is InChI=1S/C19H26O7/c1-9(7-20)17(23)25-12-6-19(3)13(22)5-4-11(8-21)15(19)16-14(12)10(2)18(24)26-16/h8-9,11-16,20,22H,2,4-7H2,1,3H3/t9-,11-,12-,13+,14+,15+,16-,19-/m0/s1. The van der Waals surface area contributed by atoms with E-state index >= 15 is 0 Å². The Labute approximate surface area is 152 Å². The summed E-state index contributed by atoms with van der Waals surface area (Å²) in [4.78, 5) is 36.0. The van der Waals surface area contributed by atoms with Crippen LogP contribution in [0.15, 0.2) is 12.2 Å². The van der Waals surface area contributed by atoms with Gasteiger partial charge in [0.1, 0.15) is 18.5 Å². The molecule has 26 heavy (non-hydrogen) atoms. The number of aldehydes is 1. The molecule has 0 spiro atoms. The number of carbonyl (C=O) groups is 3. The molecule has 2 aliphatic carbocycles. The van der Waals surface area contributed by atoms with Crippen molar-refractivity contribution in [3.63, 3.8) is 0 Å². The van der Waals surface area contributed by atoms with E-state index in [0.29, 0.717) is 19.3 Å². The highest BCUT2D eigenvalue weighted by atomic mass is 16.6. The van der Waals surface area contributed by atoms with E-state index in [0.717, 1.165) is 6.29 Å². The van der Waals surface area contributed by atoms with E-state index in [-0.39, 0.29) is 24.0 Å². The van der Waals surface area contributed by atoms with E-state index in [1.54, 1.807) is 6.92 Å². The van der Waals surface area contributed by atoms with Crippen LogP contribution in [0, 0.1) is 29.1 Å². The minimum atomic E-state index is -0.719. The number of esters is 2. The lowest BCUT2D eigenvalue weighted by Crippen LogP contribution is -2.60. The van der Waals surface area contributed by atoms with Crippen LogP contribution in [0.4, 0.5) is 0 Å². The summed E-state index contributed by atoms with van der Waals surface area (Å²) in [5, 5.41) is 19.9. The first-order valence-corrected chi connectivity index (χ1v) is 9.09. The lowest BCUT2D eigenvalue weighted by molar-refractivity contribution is -0.198. The van der Waals surface area contributed by atoms with Crippen LogP contribution >= 0.6 is 0 Å². The molecule has 1 heterocycles. The molecule has 7 heteroatoms. The summed E-state index contributed by atoms with van der Waals surface area (Å²) >= 11 is 0. The van der Waals surface area contributed by atoms with E-state index in [1.807, 2.05) is 6.92 Å². The molecular weight excluding hydrogens is 340 g/mol. The maximum absolute atomic E-state index is 12.2. The largest absolute Gasteiger partial charge is 0.461 e. The molecule has 2 saturated carbocycles. The minimum absolute atomic E-state index is 0.233. The Kier molecular flexibility index (Phi) is 4.96. The number of rotatable bonds is 4. The number of hydrogen-bond donors (Lipinski definition) is 2. The van der Waals surface area contributed by atoms with Crippen molar-refractivity contribution in [2.75, 3.05) is 6.61 Å². The third kappa shape index (κ3) is 2.77. The molecule has 0 aromatic heterocycles. The second-order valence-electron chi connectivity index (χ2n) is 8.11. The Morgan fingerprint density at radius 2 is 2.19 bits per heavy atom. The Morgan fingerprint density at radius 1 is 1.50 bits per heavy atom. The molecular formula is C19H26O7. The van der Waals surface area contributed by atoms with Crippen molar-refractivity contribution >= 4 is 18.2 Å². The number of ether oxygens (including phenoxy) is 2. The summed E-state index contributed by atoms with van der Waals surface area (Å²) in [5.41, 5.74) is -0.486. The summed E-state index contributed by atoms with van der Waals surface area (Å²) in [6.07, 6.45) is 0.155. The van der Waals surface area contributed by atoms with Crippen LogP contribution in [0.2, 0.25) is 0 Å². The van der Waals surface area contributed by atoms with Crippen molar-refractivity contribution < 1.29 is 34.1 Å². The van der Waals surface area contributed by atoms with Gasteiger partial charge in [-0.2, -0.15) is 0 Å². The van der Waals surface area contributed by atoms with Gasteiger partial charge < -0.3 is 24.5 Å². The van der Waals surface area contributed by atoms with Gasteiger partial charge in [0.15, 0.2) is 0 Å². The van der Waals surface area contributed by atoms with Crippen LogP contribution in [-0.4, -0.2) is 53.4 Å². The van der Waals surface area contributed by atoms with Gasteiger partial charge >= 0.3 is 11.9 Å². The van der Waals surface area contributed by atoms with Crippen LogP contribution in [0.25, 0.3) is 0 Å². The number of aliphatic hydroxyl groups is 2. The molecule has 0 amide bonds. The maximum Gasteiger partial charge on any atom is 0.334 e. The van der Waals surface area contributed by atoms with E-state index in [2.05, 4.69) is 6.58 Å². The molecule has 3 rings (SSSR count). The first kappa shape index (κ1) is 19.0. The average Bonchev–Trinajstić information content (AvgIpc) is 2.90. The molecule has 3 aliphatic rings. The van der Waals surface area contributed by atoms with Gasteiger partial charge in [0.05, 0.1) is 24.5 Å². The third-order valence-corrected chi connectivity index (χ3v) is 6.53. The Bertz CT molecular complexity index is 629. The van der Waals surface area contributed by atoms with Gasteiger partial charge in [-0.15, -0.1) is 0 Å². The van der Waals surface area contributed by atoms with Gasteiger partial charge in [0, 0.05) is 22.8 Å². The predicted molar refractivity (Wildman–Crippen MR) is 89.6 cm³/mol. The van der Waals surface area contributed by atoms with Crippen molar-refractivity contribution in [2.45, 2.75) is 51.4 Å². The highest BCUT2D eigenvalue weighted by Crippen LogP contribution is 2.58. The summed E-state index contributed by atoms with van der Waals surface area (Å²) in [7, 11) is 0. The molecule has 1 saturated heterocycles. The third-order valence-electron chi connectivity index (χ3n) is 6.53. The fourth-order valence-corrected chi connectivity index (χ4v) is 4.97. The van der Waals surface area contributed by atoms with Gasteiger partial charge in [-0.3, -0.25) is 4.79 Å². The summed E-state index contributed by atoms with van der Waals surface area (Å²) < 4.78 is 11.2. The zero-order valence-corrected chi connectivity index (χ0v) is 15.1. The number of fused-ring (bicyclic) bond motifs is 3. The number of carbonyl (C=O) groups excluding carboxylic acids is 3. The fourth-order valence-electron chi connectivity index (χ4n) is 4.97. The quantitative estimate of drug-likeness (QED) is 0.426. The zero-order chi connectivity index (χ0) is 19.2. The molecule has 0 unspecified atom stereocenters. The summed E-state index contributed by atoms with van der Waals surface area (Å²) in [5.74, 6) is -3.02. The van der Waals surface area contributed by atoms with E-state index in [4.69, 9.17) is 9.47 Å². The lowest BCUT2D eigenvalue weighted by Gasteiger charge is -2.55. The molecule has 2 N–H and O–H groups in total. The van der Waals surface area contributed by atoms with Crippen LogP contribution in [-0.2, 0) is 23.9 Å². The van der Waals surface area contributed by atoms with Gasteiger partial charge in [0.25, 0.3) is 0 Å². The molecule has 1 aliphatic heterocycles. The Morgan fingerprint density at radius 3 is 2.81 bits per heavy atom. The van der Waals surface area contributed by atoms with Crippen molar-refractivity contribution in [1.82, 2.24) is 0 Å². The van der Waals surface area contributed by atoms with E-state index < -0.39 is 47.5 Å². The summed E-state index contributed by atoms with van der Waals surface area (Å²) in [6, 6.07) is 0. The monoisotopic (exact) mass is 366 g/mol. The van der Waals surface area contributed by atoms with Gasteiger partial charge in [-0.05, 0) is 26.2 Å². The minimum Gasteiger partial charge on any atom is -0.461 e. The van der Waals surface area contributed by atoms with Crippen molar-refractivity contribution in [1.29, 1.82) is 0 Å². The topological polar surface area (TPSA) is 110 Å². The van der Waals surface area contributed by atoms with Crippen LogP contribution in [0.3, 0.4) is 0 Å². The van der Waals surface area contributed by atoms with Gasteiger partial charge in [0.2, 0.25) is 0 Å². The summed E-state index contributed by atoms with van der Waals surface area (Å²) in [6.45, 7) is 6.88. The van der Waals surface area contributed by atoms with Crippen LogP contribution in [0.1, 0.15) is 33.1 Å². The molecule has 7 nitrogen and oxygen atoms in total. The van der Waals surface area contributed by atoms with E-state index in [1.165, 1.54) is 0 Å². The smallest absolute Gasteiger partial charge is 0.334 e. The SMILES string of the molecule is C=C1C(=O)O[C@H]2[C@H]1[C@@H](OC(=O)[C@@H](C)CO)C[C@]1(C)[C@@H]2[C@H](C=O)CC[C@H]1O. The zero-order valence-electron chi connectivity index (χ0n) is 15.1. The van der Waals surface area contributed by atoms with Gasteiger partial charge in [-0.25, -0.2) is 4.79 Å². The van der Waals surface area contributed by atoms with Crippen LogP contribution in [0.5, 0.6) is 0 Å². The second-order valence-corrected chi connectivity index (χ2v) is 8.11. The molecule has 144 valence electrons. The molecule has 8 atom stereocenters. The van der Waals surface area contributed by atoms with Crippen molar-refractivity contribution in [3.05, 3.63) is 12.2 Å². The molecule has 0 radical (unpaired) electrons. The fraction of sp³-hybridized carbons (Fsp3) is 0.737. The highest BCUT2D eigenvalue weighted by molar-refractivity contribution is 5.91.